The molecule has 308 valence electrons. The van der Waals surface area contributed by atoms with Crippen LogP contribution in [0, 0.1) is 23.5 Å². The van der Waals surface area contributed by atoms with Crippen molar-refractivity contribution in [2.45, 2.75) is 88.4 Å². The lowest BCUT2D eigenvalue weighted by Crippen LogP contribution is -2.41. The van der Waals surface area contributed by atoms with Gasteiger partial charge in [-0.2, -0.15) is 4.98 Å². The van der Waals surface area contributed by atoms with Crippen molar-refractivity contribution in [2.75, 3.05) is 55.6 Å². The van der Waals surface area contributed by atoms with Gasteiger partial charge in [-0.1, -0.05) is 49.1 Å². The van der Waals surface area contributed by atoms with Crippen LogP contribution in [-0.4, -0.2) is 82.9 Å². The molecule has 0 bridgehead atoms. The predicted octanol–water partition coefficient (Wildman–Crippen LogP) is 7.48. The first-order valence-corrected chi connectivity index (χ1v) is 21.9. The monoisotopic (exact) mass is 822 g/mol. The molecule has 5 aliphatic heterocycles. The molecule has 0 unspecified atom stereocenters. The number of carbonyl (C=O) groups is 3. The quantitative estimate of drug-likeness (QED) is 0.186. The highest BCUT2D eigenvalue weighted by atomic mass is 35.5. The molecule has 0 N–H and O–H groups in total. The third kappa shape index (κ3) is 6.56. The number of nitrogens with zero attached hydrogens (tertiary/aromatic N) is 6. The van der Waals surface area contributed by atoms with Gasteiger partial charge in [-0.15, -0.1) is 0 Å². The van der Waals surface area contributed by atoms with E-state index in [4.69, 9.17) is 16.6 Å². The van der Waals surface area contributed by atoms with Crippen LogP contribution in [0.5, 0.6) is 0 Å². The zero-order valence-electron chi connectivity index (χ0n) is 33.2. The fourth-order valence-electron chi connectivity index (χ4n) is 11.4. The van der Waals surface area contributed by atoms with E-state index in [1.54, 1.807) is 6.07 Å². The molecule has 1 aromatic heterocycles. The minimum Gasteiger partial charge on any atom is -0.371 e. The second kappa shape index (κ2) is 15.1. The lowest BCUT2D eigenvalue weighted by Gasteiger charge is -2.35. The number of rotatable bonds is 6. The van der Waals surface area contributed by atoms with Crippen LogP contribution >= 0.6 is 11.6 Å². The Hall–Kier alpha value is -4.68. The van der Waals surface area contributed by atoms with Gasteiger partial charge in [-0.05, 0) is 111 Å². The summed E-state index contributed by atoms with van der Waals surface area (Å²) in [5.41, 5.74) is 3.79. The topological polar surface area (TPSA) is 99.1 Å². The van der Waals surface area contributed by atoms with Crippen molar-refractivity contribution in [3.63, 3.8) is 0 Å². The molecule has 4 aromatic rings. The Bertz CT molecular complexity index is 2400. The van der Waals surface area contributed by atoms with E-state index in [1.807, 2.05) is 21.9 Å². The summed E-state index contributed by atoms with van der Waals surface area (Å²) in [7, 11) is 0. The average Bonchev–Trinajstić information content (AvgIpc) is 3.97. The number of amides is 3. The number of anilines is 2. The van der Waals surface area contributed by atoms with Gasteiger partial charge < -0.3 is 14.7 Å². The Labute approximate surface area is 347 Å². The summed E-state index contributed by atoms with van der Waals surface area (Å²) in [4.78, 5) is 63.6. The Morgan fingerprint density at radius 3 is 2.32 bits per heavy atom. The lowest BCUT2D eigenvalue weighted by molar-refractivity contribution is -0.134. The van der Waals surface area contributed by atoms with Crippen LogP contribution in [0.1, 0.15) is 99.9 Å². The average molecular weight is 823 g/mol. The minimum absolute atomic E-state index is 0.0734. The second-order valence-electron chi connectivity index (χ2n) is 17.8. The van der Waals surface area contributed by atoms with Crippen molar-refractivity contribution in [2.24, 2.45) is 11.8 Å². The number of carbonyl (C=O) groups excluding carboxylic acids is 3. The summed E-state index contributed by atoms with van der Waals surface area (Å²) in [6.45, 7) is 5.21. The first-order valence-electron chi connectivity index (χ1n) is 21.6. The van der Waals surface area contributed by atoms with Crippen LogP contribution in [0.25, 0.3) is 16.6 Å². The number of benzene rings is 3. The number of hydrogen-bond donors (Lipinski definition) is 0. The largest absolute Gasteiger partial charge is 0.371 e. The van der Waals surface area contributed by atoms with Gasteiger partial charge in [0.2, 0.25) is 17.7 Å². The molecule has 10 nitrogen and oxygen atoms in total. The molecule has 1 spiro atoms. The van der Waals surface area contributed by atoms with Crippen LogP contribution in [0.4, 0.5) is 20.2 Å². The van der Waals surface area contributed by atoms with E-state index < -0.39 is 29.1 Å². The third-order valence-electron chi connectivity index (χ3n) is 14.4. The third-order valence-corrected chi connectivity index (χ3v) is 14.7. The maximum atomic E-state index is 15.3. The van der Waals surface area contributed by atoms with Crippen LogP contribution in [-0.2, 0) is 19.8 Å². The second-order valence-corrected chi connectivity index (χ2v) is 18.2. The fourth-order valence-corrected chi connectivity index (χ4v) is 11.6. The number of halogens is 3. The Kier molecular flexibility index (Phi) is 9.86. The zero-order valence-corrected chi connectivity index (χ0v) is 34.0. The Morgan fingerprint density at radius 1 is 0.831 bits per heavy atom. The standard InChI is InChI=1S/C46H49ClF2N6O4/c47-34-6-4-7-37-41(34)43(58)50-45-46(16-2-1-3-17-46)33-11-10-30(22-38(33)54(37)45)29-13-18-51(19-14-29)25-28-12-20-53(26-28)44(59)31-15-21-52(27-31)32-23-35(48)42(36(49)24-32)55-39(56)8-5-9-40(55)57/h4,6-7,10-11,22-24,28-29,31H,1-3,5,8-9,12-21,25-27H2/t28-,31+/m0/s1. The normalized spacial score (nSPS) is 23.5. The maximum absolute atomic E-state index is 15.3. The van der Waals surface area contributed by atoms with Gasteiger partial charge in [0, 0.05) is 51.3 Å². The maximum Gasteiger partial charge on any atom is 0.282 e. The number of hydrogen-bond acceptors (Lipinski definition) is 7. The van der Waals surface area contributed by atoms with E-state index in [2.05, 4.69) is 27.7 Å². The van der Waals surface area contributed by atoms with Gasteiger partial charge in [0.1, 0.15) is 11.5 Å². The molecule has 3 aromatic carbocycles. The van der Waals surface area contributed by atoms with Gasteiger partial charge in [0.05, 0.1) is 32.9 Å². The molecule has 59 heavy (non-hydrogen) atoms. The Balaban J connectivity index is 0.767. The molecule has 6 aliphatic rings. The van der Waals surface area contributed by atoms with Crippen LogP contribution < -0.4 is 15.4 Å². The van der Waals surface area contributed by atoms with E-state index in [9.17, 15) is 19.2 Å². The SMILES string of the molecule is O=C([C@@H]1CCN(c2cc(F)c(N3C(=O)CCCC3=O)c(F)c2)C1)N1CC[C@@H](CN2CCC(c3ccc4c(c3)-n3c(nc(=O)c5c(Cl)cccc53)C43CCCCC3)CC2)C1. The summed E-state index contributed by atoms with van der Waals surface area (Å²) in [5.74, 6) is -1.58. The van der Waals surface area contributed by atoms with E-state index in [0.29, 0.717) is 71.9 Å². The van der Waals surface area contributed by atoms with Crippen molar-refractivity contribution in [3.05, 3.63) is 92.5 Å². The first kappa shape index (κ1) is 38.5. The molecular formula is C46H49ClF2N6O4. The summed E-state index contributed by atoms with van der Waals surface area (Å²) < 4.78 is 32.8. The molecule has 2 atom stereocenters. The molecule has 13 heteroatoms. The highest BCUT2D eigenvalue weighted by Crippen LogP contribution is 2.52. The van der Waals surface area contributed by atoms with Crippen molar-refractivity contribution >= 4 is 51.6 Å². The zero-order chi connectivity index (χ0) is 40.6. The van der Waals surface area contributed by atoms with Gasteiger partial charge in [-0.3, -0.25) is 23.7 Å². The van der Waals surface area contributed by atoms with Crippen LogP contribution in [0.2, 0.25) is 5.02 Å². The van der Waals surface area contributed by atoms with E-state index in [0.717, 1.165) is 81.6 Å². The highest BCUT2D eigenvalue weighted by molar-refractivity contribution is 6.35. The summed E-state index contributed by atoms with van der Waals surface area (Å²) in [6.07, 6.45) is 9.58. The molecule has 1 saturated carbocycles. The molecule has 4 saturated heterocycles. The number of aromatic nitrogens is 2. The van der Waals surface area contributed by atoms with Crippen LogP contribution in [0.3, 0.4) is 0 Å². The smallest absolute Gasteiger partial charge is 0.282 e. The van der Waals surface area contributed by atoms with Crippen LogP contribution in [0.15, 0.2) is 53.3 Å². The predicted molar refractivity (Wildman–Crippen MR) is 222 cm³/mol. The van der Waals surface area contributed by atoms with Crippen molar-refractivity contribution in [1.29, 1.82) is 0 Å². The molecular weight excluding hydrogens is 774 g/mol. The lowest BCUT2D eigenvalue weighted by atomic mass is 9.69. The number of piperidine rings is 2. The summed E-state index contributed by atoms with van der Waals surface area (Å²) in [5, 5.41) is 0.920. The molecule has 0 radical (unpaired) electrons. The molecule has 5 fully saturated rings. The number of fused-ring (bicyclic) bond motifs is 7. The highest BCUT2D eigenvalue weighted by Gasteiger charge is 2.47. The van der Waals surface area contributed by atoms with Crippen molar-refractivity contribution in [1.82, 2.24) is 19.4 Å². The number of imide groups is 1. The molecule has 3 amide bonds. The fraction of sp³-hybridized carbons (Fsp3) is 0.500. The Morgan fingerprint density at radius 2 is 1.58 bits per heavy atom. The number of likely N-dealkylation sites (tertiary alicyclic amines) is 2. The molecule has 1 aliphatic carbocycles. The van der Waals surface area contributed by atoms with Gasteiger partial charge in [0.15, 0.2) is 11.6 Å². The van der Waals surface area contributed by atoms with E-state index in [-0.39, 0.29) is 35.6 Å². The summed E-state index contributed by atoms with van der Waals surface area (Å²) in [6, 6.07) is 15.0. The van der Waals surface area contributed by atoms with Gasteiger partial charge >= 0.3 is 0 Å². The van der Waals surface area contributed by atoms with E-state index in [1.165, 1.54) is 29.7 Å². The van der Waals surface area contributed by atoms with E-state index >= 15 is 8.78 Å². The summed E-state index contributed by atoms with van der Waals surface area (Å²) >= 11 is 6.60. The van der Waals surface area contributed by atoms with Gasteiger partial charge in [0.25, 0.3) is 5.56 Å². The minimum atomic E-state index is -0.952. The van der Waals surface area contributed by atoms with Crippen molar-refractivity contribution < 1.29 is 23.2 Å². The first-order chi connectivity index (χ1) is 28.6. The molecule has 6 heterocycles. The van der Waals surface area contributed by atoms with Crippen molar-refractivity contribution in [3.8, 4) is 5.69 Å². The molecule has 10 rings (SSSR count). The van der Waals surface area contributed by atoms with Gasteiger partial charge in [-0.25, -0.2) is 13.7 Å².